The van der Waals surface area contributed by atoms with E-state index in [1.807, 2.05) is 35.2 Å². The molecule has 4 rings (SSSR count). The smallest absolute Gasteiger partial charge is 0.328 e. The van der Waals surface area contributed by atoms with Crippen molar-refractivity contribution < 1.29 is 9.53 Å². The SMILES string of the molecule is Cn1c(=O)n(C)c2cc(C(=O)N3CCC(Oc4ccc(Cl)cc4)CC3)ccc21. The lowest BCUT2D eigenvalue weighted by Crippen LogP contribution is -2.41. The largest absolute Gasteiger partial charge is 0.490 e. The first-order valence-corrected chi connectivity index (χ1v) is 9.69. The van der Waals surface area contributed by atoms with Gasteiger partial charge < -0.3 is 9.64 Å². The van der Waals surface area contributed by atoms with Gasteiger partial charge in [-0.1, -0.05) is 11.6 Å². The normalized spacial score (nSPS) is 15.2. The van der Waals surface area contributed by atoms with Gasteiger partial charge in [0.25, 0.3) is 5.91 Å². The second-order valence-electron chi connectivity index (χ2n) is 7.17. The van der Waals surface area contributed by atoms with Gasteiger partial charge in [-0.05, 0) is 42.5 Å². The molecule has 28 heavy (non-hydrogen) atoms. The van der Waals surface area contributed by atoms with Gasteiger partial charge in [-0.3, -0.25) is 13.9 Å². The Labute approximate surface area is 167 Å². The molecule has 1 aromatic heterocycles. The van der Waals surface area contributed by atoms with Crippen molar-refractivity contribution >= 4 is 28.5 Å². The Morgan fingerprint density at radius 3 is 2.32 bits per heavy atom. The van der Waals surface area contributed by atoms with Gasteiger partial charge in [-0.15, -0.1) is 0 Å². The molecule has 146 valence electrons. The third kappa shape index (κ3) is 3.40. The van der Waals surface area contributed by atoms with Crippen LogP contribution in [0.3, 0.4) is 0 Å². The minimum atomic E-state index is -0.0974. The van der Waals surface area contributed by atoms with Crippen LogP contribution in [0.15, 0.2) is 47.3 Å². The van der Waals surface area contributed by atoms with Crippen molar-refractivity contribution in [2.75, 3.05) is 13.1 Å². The number of piperidine rings is 1. The van der Waals surface area contributed by atoms with Crippen LogP contribution in [0.25, 0.3) is 11.0 Å². The summed E-state index contributed by atoms with van der Waals surface area (Å²) in [6.07, 6.45) is 1.64. The van der Waals surface area contributed by atoms with Crippen LogP contribution in [0, 0.1) is 0 Å². The highest BCUT2D eigenvalue weighted by atomic mass is 35.5. The first-order chi connectivity index (χ1) is 13.4. The lowest BCUT2D eigenvalue weighted by molar-refractivity contribution is 0.0595. The number of amides is 1. The number of carbonyl (C=O) groups is 1. The highest BCUT2D eigenvalue weighted by molar-refractivity contribution is 6.30. The zero-order chi connectivity index (χ0) is 19.8. The average Bonchev–Trinajstić information content (AvgIpc) is 2.93. The van der Waals surface area contributed by atoms with Crippen LogP contribution in [0.1, 0.15) is 23.2 Å². The second-order valence-corrected chi connectivity index (χ2v) is 7.60. The molecule has 0 atom stereocenters. The predicted octanol–water partition coefficient (Wildman–Crippen LogP) is 3.21. The summed E-state index contributed by atoms with van der Waals surface area (Å²) in [6.45, 7) is 1.28. The summed E-state index contributed by atoms with van der Waals surface area (Å²) in [5, 5.41) is 0.681. The van der Waals surface area contributed by atoms with Crippen LogP contribution in [0.5, 0.6) is 5.75 Å². The Bertz CT molecular complexity index is 1080. The molecular formula is C21H22ClN3O3. The Morgan fingerprint density at radius 2 is 1.64 bits per heavy atom. The van der Waals surface area contributed by atoms with E-state index >= 15 is 0 Å². The van der Waals surface area contributed by atoms with Gasteiger partial charge >= 0.3 is 5.69 Å². The standard InChI is InChI=1S/C21H22ClN3O3/c1-23-18-8-3-14(13-19(18)24(2)21(23)27)20(26)25-11-9-17(10-12-25)28-16-6-4-15(22)5-7-16/h3-8,13,17H,9-12H2,1-2H3. The second kappa shape index (κ2) is 7.36. The maximum absolute atomic E-state index is 12.9. The topological polar surface area (TPSA) is 56.5 Å². The highest BCUT2D eigenvalue weighted by Gasteiger charge is 2.25. The van der Waals surface area contributed by atoms with Gasteiger partial charge in [0.2, 0.25) is 0 Å². The summed E-state index contributed by atoms with van der Waals surface area (Å²) >= 11 is 5.90. The number of aromatic nitrogens is 2. The number of ether oxygens (including phenoxy) is 1. The maximum Gasteiger partial charge on any atom is 0.328 e. The van der Waals surface area contributed by atoms with Gasteiger partial charge in [0.15, 0.2) is 0 Å². The van der Waals surface area contributed by atoms with Crippen LogP contribution in [-0.4, -0.2) is 39.1 Å². The minimum Gasteiger partial charge on any atom is -0.490 e. The van der Waals surface area contributed by atoms with Crippen molar-refractivity contribution in [2.24, 2.45) is 14.1 Å². The monoisotopic (exact) mass is 399 g/mol. The Balaban J connectivity index is 1.44. The van der Waals surface area contributed by atoms with Crippen molar-refractivity contribution in [3.63, 3.8) is 0 Å². The number of imidazole rings is 1. The van der Waals surface area contributed by atoms with Gasteiger partial charge in [-0.25, -0.2) is 4.79 Å². The molecule has 0 aliphatic carbocycles. The molecule has 1 amide bonds. The molecule has 2 heterocycles. The van der Waals surface area contributed by atoms with Gasteiger partial charge in [-0.2, -0.15) is 0 Å². The molecule has 0 unspecified atom stereocenters. The van der Waals surface area contributed by atoms with Gasteiger partial charge in [0, 0.05) is 50.6 Å². The summed E-state index contributed by atoms with van der Waals surface area (Å²) in [6, 6.07) is 12.8. The number of benzene rings is 2. The van der Waals surface area contributed by atoms with E-state index in [0.29, 0.717) is 23.7 Å². The minimum absolute atomic E-state index is 0.0110. The van der Waals surface area contributed by atoms with Crippen molar-refractivity contribution in [2.45, 2.75) is 18.9 Å². The molecule has 0 bridgehead atoms. The fourth-order valence-corrected chi connectivity index (χ4v) is 3.83. The summed E-state index contributed by atoms with van der Waals surface area (Å²) in [4.78, 5) is 26.9. The van der Waals surface area contributed by atoms with E-state index in [0.717, 1.165) is 29.6 Å². The van der Waals surface area contributed by atoms with Crippen molar-refractivity contribution in [3.05, 3.63) is 63.5 Å². The van der Waals surface area contributed by atoms with E-state index in [4.69, 9.17) is 16.3 Å². The Kier molecular flexibility index (Phi) is 4.89. The summed E-state index contributed by atoms with van der Waals surface area (Å²) in [7, 11) is 3.45. The van der Waals surface area contributed by atoms with Crippen LogP contribution >= 0.6 is 11.6 Å². The summed E-state index contributed by atoms with van der Waals surface area (Å²) in [5.41, 5.74) is 2.09. The van der Waals surface area contributed by atoms with Crippen LogP contribution in [-0.2, 0) is 14.1 Å². The average molecular weight is 400 g/mol. The fourth-order valence-electron chi connectivity index (χ4n) is 3.70. The van der Waals surface area contributed by atoms with E-state index in [1.165, 1.54) is 0 Å². The van der Waals surface area contributed by atoms with Crippen LogP contribution in [0.4, 0.5) is 0 Å². The molecule has 1 saturated heterocycles. The van der Waals surface area contributed by atoms with Crippen LogP contribution in [0.2, 0.25) is 5.02 Å². The number of aryl methyl sites for hydroxylation is 2. The molecule has 0 radical (unpaired) electrons. The fraction of sp³-hybridized carbons (Fsp3) is 0.333. The van der Waals surface area contributed by atoms with E-state index < -0.39 is 0 Å². The Morgan fingerprint density at radius 1 is 1.00 bits per heavy atom. The van der Waals surface area contributed by atoms with E-state index in [2.05, 4.69) is 0 Å². The molecule has 6 nitrogen and oxygen atoms in total. The van der Waals surface area contributed by atoms with Crippen molar-refractivity contribution in [3.8, 4) is 5.75 Å². The van der Waals surface area contributed by atoms with Crippen LogP contribution < -0.4 is 10.4 Å². The molecule has 1 fully saturated rings. The molecular weight excluding hydrogens is 378 g/mol. The van der Waals surface area contributed by atoms with E-state index in [1.54, 1.807) is 35.4 Å². The number of rotatable bonds is 3. The first kappa shape index (κ1) is 18.6. The van der Waals surface area contributed by atoms with Crippen molar-refractivity contribution in [1.29, 1.82) is 0 Å². The highest BCUT2D eigenvalue weighted by Crippen LogP contribution is 2.22. The number of nitrogens with zero attached hydrogens (tertiary/aromatic N) is 3. The number of hydrogen-bond donors (Lipinski definition) is 0. The molecule has 1 aliphatic rings. The number of carbonyl (C=O) groups excluding carboxylic acids is 1. The third-order valence-electron chi connectivity index (χ3n) is 5.36. The Hall–Kier alpha value is -2.73. The quantitative estimate of drug-likeness (QED) is 0.679. The molecule has 3 aromatic rings. The lowest BCUT2D eigenvalue weighted by atomic mass is 10.1. The zero-order valence-corrected chi connectivity index (χ0v) is 16.6. The van der Waals surface area contributed by atoms with Gasteiger partial charge in [0.1, 0.15) is 11.9 Å². The summed E-state index contributed by atoms with van der Waals surface area (Å²) in [5.74, 6) is 0.785. The first-order valence-electron chi connectivity index (χ1n) is 9.31. The number of likely N-dealkylation sites (tertiary alicyclic amines) is 1. The zero-order valence-electron chi connectivity index (χ0n) is 15.9. The third-order valence-corrected chi connectivity index (χ3v) is 5.62. The van der Waals surface area contributed by atoms with Crippen molar-refractivity contribution in [1.82, 2.24) is 14.0 Å². The van der Waals surface area contributed by atoms with E-state index in [9.17, 15) is 9.59 Å². The molecule has 1 aliphatic heterocycles. The number of fused-ring (bicyclic) bond motifs is 1. The molecule has 0 saturated carbocycles. The van der Waals surface area contributed by atoms with E-state index in [-0.39, 0.29) is 17.7 Å². The maximum atomic E-state index is 12.9. The number of halogens is 1. The predicted molar refractivity (Wildman–Crippen MR) is 109 cm³/mol. The van der Waals surface area contributed by atoms with Gasteiger partial charge in [0.05, 0.1) is 11.0 Å². The summed E-state index contributed by atoms with van der Waals surface area (Å²) < 4.78 is 9.15. The molecule has 7 heteroatoms. The molecule has 0 spiro atoms. The lowest BCUT2D eigenvalue weighted by Gasteiger charge is -2.32. The molecule has 2 aromatic carbocycles. The number of hydrogen-bond acceptors (Lipinski definition) is 3. The molecule has 0 N–H and O–H groups in total.